The van der Waals surface area contributed by atoms with Crippen LogP contribution in [0.4, 0.5) is 0 Å². The molecular weight excluding hydrogens is 240 g/mol. The van der Waals surface area contributed by atoms with Gasteiger partial charge < -0.3 is 10.3 Å². The molecule has 0 bridgehead atoms. The maximum absolute atomic E-state index is 11.3. The second-order valence-corrected chi connectivity index (χ2v) is 5.70. The second-order valence-electron chi connectivity index (χ2n) is 3.68. The zero-order valence-electron chi connectivity index (χ0n) is 9.25. The number of hydrogen-bond donors (Lipinski definition) is 1. The number of hydrogen-bond acceptors (Lipinski definition) is 5. The molecule has 0 fully saturated rings. The van der Waals surface area contributed by atoms with Crippen LogP contribution in [0.15, 0.2) is 39.8 Å². The molecule has 0 aliphatic rings. The van der Waals surface area contributed by atoms with E-state index in [4.69, 9.17) is 10.3 Å². The topological polar surface area (TPSA) is 86.2 Å². The number of nitrogens with zero attached hydrogens (tertiary/aromatic N) is 1. The Morgan fingerprint density at radius 1 is 1.29 bits per heavy atom. The largest absolute Gasteiger partial charge is 0.356 e. The highest BCUT2D eigenvalue weighted by Crippen LogP contribution is 2.22. The maximum atomic E-state index is 11.3. The van der Waals surface area contributed by atoms with Crippen molar-refractivity contribution in [1.82, 2.24) is 5.16 Å². The predicted octanol–water partition coefficient (Wildman–Crippen LogP) is 1.20. The third kappa shape index (κ3) is 2.54. The fourth-order valence-electron chi connectivity index (χ4n) is 1.41. The van der Waals surface area contributed by atoms with Gasteiger partial charge in [0.1, 0.15) is 0 Å². The highest BCUT2D eigenvalue weighted by molar-refractivity contribution is 7.90. The van der Waals surface area contributed by atoms with E-state index < -0.39 is 9.84 Å². The predicted molar refractivity (Wildman–Crippen MR) is 62.9 cm³/mol. The van der Waals surface area contributed by atoms with Crippen LogP contribution in [0.5, 0.6) is 0 Å². The van der Waals surface area contributed by atoms with E-state index >= 15 is 0 Å². The van der Waals surface area contributed by atoms with E-state index in [1.165, 1.54) is 18.4 Å². The van der Waals surface area contributed by atoms with Crippen LogP contribution in [0.1, 0.15) is 5.69 Å². The summed E-state index contributed by atoms with van der Waals surface area (Å²) in [6.07, 6.45) is 1.17. The maximum Gasteiger partial charge on any atom is 0.175 e. The van der Waals surface area contributed by atoms with Gasteiger partial charge in [0.25, 0.3) is 0 Å². The molecular formula is C11H12N2O3S. The summed E-state index contributed by atoms with van der Waals surface area (Å²) in [7, 11) is -3.17. The molecule has 6 heteroatoms. The van der Waals surface area contributed by atoms with E-state index in [0.717, 1.165) is 5.56 Å². The SMILES string of the molecule is CS(=O)(=O)c1ccc(-c2cc(CN)no2)cc1. The molecule has 0 aliphatic heterocycles. The normalized spacial score (nSPS) is 11.6. The van der Waals surface area contributed by atoms with E-state index in [1.807, 2.05) is 0 Å². The third-order valence-corrected chi connectivity index (χ3v) is 3.46. The van der Waals surface area contributed by atoms with Gasteiger partial charge in [0.15, 0.2) is 15.6 Å². The Hall–Kier alpha value is -1.66. The van der Waals surface area contributed by atoms with Gasteiger partial charge in [-0.25, -0.2) is 8.42 Å². The van der Waals surface area contributed by atoms with Gasteiger partial charge in [0, 0.05) is 24.4 Å². The number of nitrogens with two attached hydrogens (primary N) is 1. The second kappa shape index (κ2) is 4.31. The summed E-state index contributed by atoms with van der Waals surface area (Å²) in [5, 5.41) is 3.76. The molecule has 0 amide bonds. The molecule has 1 aromatic heterocycles. The Bertz CT molecular complexity index is 614. The van der Waals surface area contributed by atoms with Crippen molar-refractivity contribution >= 4 is 9.84 Å². The van der Waals surface area contributed by atoms with Gasteiger partial charge in [-0.15, -0.1) is 0 Å². The summed E-state index contributed by atoms with van der Waals surface area (Å²) < 4.78 is 27.6. The summed E-state index contributed by atoms with van der Waals surface area (Å²) in [5.41, 5.74) is 6.85. The van der Waals surface area contributed by atoms with E-state index in [0.29, 0.717) is 18.0 Å². The summed E-state index contributed by atoms with van der Waals surface area (Å²) in [6, 6.07) is 8.16. The van der Waals surface area contributed by atoms with Gasteiger partial charge in [0.2, 0.25) is 0 Å². The third-order valence-electron chi connectivity index (χ3n) is 2.34. The van der Waals surface area contributed by atoms with Crippen molar-refractivity contribution in [2.45, 2.75) is 11.4 Å². The zero-order valence-corrected chi connectivity index (χ0v) is 10.1. The van der Waals surface area contributed by atoms with E-state index in [1.54, 1.807) is 18.2 Å². The van der Waals surface area contributed by atoms with Crippen molar-refractivity contribution < 1.29 is 12.9 Å². The molecule has 0 unspecified atom stereocenters. The first-order valence-electron chi connectivity index (χ1n) is 4.97. The highest BCUT2D eigenvalue weighted by Gasteiger charge is 2.09. The molecule has 2 rings (SSSR count). The Labute approximate surface area is 99.1 Å². The van der Waals surface area contributed by atoms with Crippen molar-refractivity contribution in [3.05, 3.63) is 36.0 Å². The van der Waals surface area contributed by atoms with Crippen molar-refractivity contribution in [3.63, 3.8) is 0 Å². The Balaban J connectivity index is 2.35. The quantitative estimate of drug-likeness (QED) is 0.887. The summed E-state index contributed by atoms with van der Waals surface area (Å²) in [5.74, 6) is 0.575. The zero-order chi connectivity index (χ0) is 12.5. The van der Waals surface area contributed by atoms with Crippen LogP contribution in [-0.2, 0) is 16.4 Å². The average molecular weight is 252 g/mol. The van der Waals surface area contributed by atoms with Gasteiger partial charge in [-0.1, -0.05) is 5.16 Å². The van der Waals surface area contributed by atoms with Crippen LogP contribution in [0, 0.1) is 0 Å². The first-order valence-corrected chi connectivity index (χ1v) is 6.86. The van der Waals surface area contributed by atoms with Gasteiger partial charge in [-0.2, -0.15) is 0 Å². The molecule has 90 valence electrons. The monoisotopic (exact) mass is 252 g/mol. The van der Waals surface area contributed by atoms with E-state index in [2.05, 4.69) is 5.16 Å². The van der Waals surface area contributed by atoms with Crippen molar-refractivity contribution in [1.29, 1.82) is 0 Å². The molecule has 5 nitrogen and oxygen atoms in total. The molecule has 0 saturated carbocycles. The minimum absolute atomic E-state index is 0.278. The lowest BCUT2D eigenvalue weighted by atomic mass is 10.1. The molecule has 17 heavy (non-hydrogen) atoms. The molecule has 0 atom stereocenters. The Morgan fingerprint density at radius 3 is 2.41 bits per heavy atom. The lowest BCUT2D eigenvalue weighted by molar-refractivity contribution is 0.424. The van der Waals surface area contributed by atoms with Crippen molar-refractivity contribution in [2.24, 2.45) is 5.73 Å². The molecule has 0 aliphatic carbocycles. The van der Waals surface area contributed by atoms with Gasteiger partial charge in [0.05, 0.1) is 10.6 Å². The van der Waals surface area contributed by atoms with Crippen LogP contribution >= 0.6 is 0 Å². The van der Waals surface area contributed by atoms with Crippen LogP contribution in [0.3, 0.4) is 0 Å². The van der Waals surface area contributed by atoms with Crippen LogP contribution in [0.2, 0.25) is 0 Å². The van der Waals surface area contributed by atoms with Gasteiger partial charge in [-0.05, 0) is 24.3 Å². The number of aromatic nitrogens is 1. The highest BCUT2D eigenvalue weighted by atomic mass is 32.2. The average Bonchev–Trinajstić information content (AvgIpc) is 2.76. The van der Waals surface area contributed by atoms with Crippen LogP contribution < -0.4 is 5.73 Å². The van der Waals surface area contributed by atoms with Crippen molar-refractivity contribution in [3.8, 4) is 11.3 Å². The van der Waals surface area contributed by atoms with Gasteiger partial charge in [-0.3, -0.25) is 0 Å². The first-order chi connectivity index (χ1) is 8.00. The molecule has 1 heterocycles. The fourth-order valence-corrected chi connectivity index (χ4v) is 2.04. The molecule has 1 aromatic carbocycles. The van der Waals surface area contributed by atoms with Crippen molar-refractivity contribution in [2.75, 3.05) is 6.26 Å². The minimum atomic E-state index is -3.17. The summed E-state index contributed by atoms with van der Waals surface area (Å²) in [6.45, 7) is 0.310. The van der Waals surface area contributed by atoms with Crippen LogP contribution in [-0.4, -0.2) is 19.8 Å². The standard InChI is InChI=1S/C11H12N2O3S/c1-17(14,15)10-4-2-8(3-5-10)11-6-9(7-12)13-16-11/h2-6H,7,12H2,1H3. The lowest BCUT2D eigenvalue weighted by Gasteiger charge is -1.99. The number of benzene rings is 1. The minimum Gasteiger partial charge on any atom is -0.356 e. The fraction of sp³-hybridized carbons (Fsp3) is 0.182. The molecule has 0 radical (unpaired) electrons. The number of rotatable bonds is 3. The number of sulfone groups is 1. The smallest absolute Gasteiger partial charge is 0.175 e. The lowest BCUT2D eigenvalue weighted by Crippen LogP contribution is -1.96. The Morgan fingerprint density at radius 2 is 1.94 bits per heavy atom. The van der Waals surface area contributed by atoms with Crippen LogP contribution in [0.25, 0.3) is 11.3 Å². The van der Waals surface area contributed by atoms with Gasteiger partial charge >= 0.3 is 0 Å². The molecule has 0 saturated heterocycles. The van der Waals surface area contributed by atoms with E-state index in [-0.39, 0.29) is 4.90 Å². The van der Waals surface area contributed by atoms with E-state index in [9.17, 15) is 8.42 Å². The summed E-state index contributed by atoms with van der Waals surface area (Å²) in [4.78, 5) is 0.278. The Kier molecular flexibility index (Phi) is 2.99. The first kappa shape index (κ1) is 11.8. The molecule has 2 N–H and O–H groups in total. The molecule has 2 aromatic rings. The molecule has 0 spiro atoms. The summed E-state index contributed by atoms with van der Waals surface area (Å²) >= 11 is 0.